The Morgan fingerprint density at radius 1 is 1.08 bits per heavy atom. The SMILES string of the molecule is CCNC(=NCc1ccccc1CC)NCc1ncc(CC)s1.I. The van der Waals surface area contributed by atoms with Crippen LogP contribution in [0.15, 0.2) is 35.5 Å². The number of aryl methyl sites for hydroxylation is 2. The largest absolute Gasteiger partial charge is 0.357 e. The second-order valence-corrected chi connectivity index (χ2v) is 6.44. The number of aliphatic imine (C=N–C) groups is 1. The Morgan fingerprint density at radius 2 is 1.83 bits per heavy atom. The van der Waals surface area contributed by atoms with Crippen molar-refractivity contribution in [3.63, 3.8) is 0 Å². The molecule has 0 saturated carbocycles. The highest BCUT2D eigenvalue weighted by Gasteiger charge is 2.04. The fraction of sp³-hybridized carbons (Fsp3) is 0.444. The zero-order valence-corrected chi connectivity index (χ0v) is 17.8. The summed E-state index contributed by atoms with van der Waals surface area (Å²) in [4.78, 5) is 10.5. The van der Waals surface area contributed by atoms with E-state index in [9.17, 15) is 0 Å². The third kappa shape index (κ3) is 6.39. The van der Waals surface area contributed by atoms with E-state index in [1.165, 1.54) is 16.0 Å². The summed E-state index contributed by atoms with van der Waals surface area (Å²) in [7, 11) is 0. The molecule has 6 heteroatoms. The topological polar surface area (TPSA) is 49.3 Å². The molecule has 0 unspecified atom stereocenters. The van der Waals surface area contributed by atoms with Gasteiger partial charge in [-0.1, -0.05) is 38.1 Å². The van der Waals surface area contributed by atoms with Crippen molar-refractivity contribution in [1.29, 1.82) is 0 Å². The zero-order valence-electron chi connectivity index (χ0n) is 14.6. The van der Waals surface area contributed by atoms with Gasteiger partial charge in [-0.05, 0) is 30.9 Å². The maximum absolute atomic E-state index is 4.71. The normalized spacial score (nSPS) is 11.0. The van der Waals surface area contributed by atoms with Gasteiger partial charge in [-0.2, -0.15) is 0 Å². The van der Waals surface area contributed by atoms with Crippen molar-refractivity contribution in [2.75, 3.05) is 6.54 Å². The van der Waals surface area contributed by atoms with Crippen molar-refractivity contribution in [3.05, 3.63) is 51.5 Å². The minimum absolute atomic E-state index is 0. The number of rotatable bonds is 7. The van der Waals surface area contributed by atoms with Crippen LogP contribution in [0.4, 0.5) is 0 Å². The predicted octanol–water partition coefficient (Wildman–Crippen LogP) is 4.14. The van der Waals surface area contributed by atoms with E-state index >= 15 is 0 Å². The van der Waals surface area contributed by atoms with E-state index in [0.29, 0.717) is 13.1 Å². The number of aromatic nitrogens is 1. The Bertz CT molecular complexity index is 639. The molecular formula is C18H27IN4S. The van der Waals surface area contributed by atoms with E-state index in [2.05, 4.69) is 60.7 Å². The Hall–Kier alpha value is -1.15. The number of hydrogen-bond donors (Lipinski definition) is 2. The van der Waals surface area contributed by atoms with Gasteiger partial charge in [0.05, 0.1) is 13.1 Å². The second-order valence-electron chi connectivity index (χ2n) is 5.24. The lowest BCUT2D eigenvalue weighted by Crippen LogP contribution is -2.36. The van der Waals surface area contributed by atoms with Gasteiger partial charge < -0.3 is 10.6 Å². The van der Waals surface area contributed by atoms with Gasteiger partial charge in [0, 0.05) is 17.6 Å². The average molecular weight is 458 g/mol. The summed E-state index contributed by atoms with van der Waals surface area (Å²) in [6.45, 7) is 8.67. The lowest BCUT2D eigenvalue weighted by atomic mass is 10.1. The second kappa shape index (κ2) is 11.4. The first-order valence-corrected chi connectivity index (χ1v) is 9.11. The van der Waals surface area contributed by atoms with Crippen LogP contribution in [0.3, 0.4) is 0 Å². The highest BCUT2D eigenvalue weighted by Crippen LogP contribution is 2.13. The molecule has 0 bridgehead atoms. The van der Waals surface area contributed by atoms with Crippen LogP contribution in [0.5, 0.6) is 0 Å². The van der Waals surface area contributed by atoms with E-state index in [4.69, 9.17) is 4.99 Å². The summed E-state index contributed by atoms with van der Waals surface area (Å²) in [5.74, 6) is 0.839. The van der Waals surface area contributed by atoms with Gasteiger partial charge >= 0.3 is 0 Å². The maximum atomic E-state index is 4.71. The molecule has 2 aromatic rings. The molecule has 0 saturated heterocycles. The monoisotopic (exact) mass is 458 g/mol. The molecule has 24 heavy (non-hydrogen) atoms. The fourth-order valence-electron chi connectivity index (χ4n) is 2.32. The molecule has 2 N–H and O–H groups in total. The fourth-order valence-corrected chi connectivity index (χ4v) is 3.12. The van der Waals surface area contributed by atoms with E-state index in [0.717, 1.165) is 30.4 Å². The summed E-state index contributed by atoms with van der Waals surface area (Å²) in [6.07, 6.45) is 4.04. The molecule has 0 radical (unpaired) electrons. The first kappa shape index (κ1) is 20.9. The van der Waals surface area contributed by atoms with Gasteiger partial charge in [0.15, 0.2) is 5.96 Å². The summed E-state index contributed by atoms with van der Waals surface area (Å²) < 4.78 is 0. The number of benzene rings is 1. The summed E-state index contributed by atoms with van der Waals surface area (Å²) in [5.41, 5.74) is 2.65. The van der Waals surface area contributed by atoms with Crippen LogP contribution in [-0.2, 0) is 25.9 Å². The van der Waals surface area contributed by atoms with Gasteiger partial charge in [-0.25, -0.2) is 9.98 Å². The minimum atomic E-state index is 0. The van der Waals surface area contributed by atoms with Crippen LogP contribution >= 0.6 is 35.3 Å². The number of thiazole rings is 1. The van der Waals surface area contributed by atoms with Crippen LogP contribution in [0, 0.1) is 0 Å². The first-order valence-electron chi connectivity index (χ1n) is 8.29. The molecule has 4 nitrogen and oxygen atoms in total. The van der Waals surface area contributed by atoms with Crippen LogP contribution in [0.1, 0.15) is 41.8 Å². The Balaban J connectivity index is 0.00000288. The molecule has 0 amide bonds. The molecule has 0 aliphatic heterocycles. The Kier molecular flexibility index (Phi) is 9.94. The molecule has 0 aliphatic carbocycles. The standard InChI is InChI=1S/C18H26N4S.HI/c1-4-14-9-7-8-10-15(14)11-21-18(19-6-3)22-13-17-20-12-16(5-2)23-17;/h7-10,12H,4-6,11,13H2,1-3H3,(H2,19,21,22);1H. The molecule has 0 fully saturated rings. The molecule has 1 aromatic carbocycles. The summed E-state index contributed by atoms with van der Waals surface area (Å²) in [6, 6.07) is 8.49. The Morgan fingerprint density at radius 3 is 2.46 bits per heavy atom. The van der Waals surface area contributed by atoms with Crippen molar-refractivity contribution < 1.29 is 0 Å². The predicted molar refractivity (Wildman–Crippen MR) is 114 cm³/mol. The van der Waals surface area contributed by atoms with Crippen molar-refractivity contribution in [3.8, 4) is 0 Å². The van der Waals surface area contributed by atoms with E-state index in [1.54, 1.807) is 11.3 Å². The zero-order chi connectivity index (χ0) is 16.5. The van der Waals surface area contributed by atoms with Gasteiger partial charge in [0.2, 0.25) is 0 Å². The number of halogens is 1. The van der Waals surface area contributed by atoms with Gasteiger partial charge in [-0.15, -0.1) is 35.3 Å². The third-order valence-electron chi connectivity index (χ3n) is 3.61. The van der Waals surface area contributed by atoms with Crippen molar-refractivity contribution in [2.24, 2.45) is 4.99 Å². The smallest absolute Gasteiger partial charge is 0.191 e. The van der Waals surface area contributed by atoms with E-state index < -0.39 is 0 Å². The van der Waals surface area contributed by atoms with Gasteiger partial charge in [-0.3, -0.25) is 0 Å². The highest BCUT2D eigenvalue weighted by atomic mass is 127. The van der Waals surface area contributed by atoms with E-state index in [-0.39, 0.29) is 24.0 Å². The number of nitrogens with zero attached hydrogens (tertiary/aromatic N) is 2. The summed E-state index contributed by atoms with van der Waals surface area (Å²) in [5, 5.41) is 7.76. The lowest BCUT2D eigenvalue weighted by molar-refractivity contribution is 0.810. The van der Waals surface area contributed by atoms with Crippen LogP contribution < -0.4 is 10.6 Å². The molecule has 0 aliphatic rings. The lowest BCUT2D eigenvalue weighted by Gasteiger charge is -2.11. The molecule has 0 spiro atoms. The Labute approximate surface area is 166 Å². The van der Waals surface area contributed by atoms with Crippen LogP contribution in [-0.4, -0.2) is 17.5 Å². The van der Waals surface area contributed by atoms with Crippen molar-refractivity contribution in [2.45, 2.75) is 46.7 Å². The third-order valence-corrected chi connectivity index (χ3v) is 4.75. The number of guanidine groups is 1. The quantitative estimate of drug-likeness (QED) is 0.373. The molecule has 2 rings (SSSR count). The van der Waals surface area contributed by atoms with Crippen LogP contribution in [0.25, 0.3) is 0 Å². The summed E-state index contributed by atoms with van der Waals surface area (Å²) >= 11 is 1.76. The van der Waals surface area contributed by atoms with Gasteiger partial charge in [0.1, 0.15) is 5.01 Å². The molecule has 1 heterocycles. The molecule has 1 aromatic heterocycles. The average Bonchev–Trinajstić information content (AvgIpc) is 3.05. The maximum Gasteiger partial charge on any atom is 0.191 e. The van der Waals surface area contributed by atoms with E-state index in [1.807, 2.05) is 6.20 Å². The number of nitrogens with one attached hydrogen (secondary N) is 2. The highest BCUT2D eigenvalue weighted by molar-refractivity contribution is 14.0. The molecule has 0 atom stereocenters. The van der Waals surface area contributed by atoms with Crippen LogP contribution in [0.2, 0.25) is 0 Å². The van der Waals surface area contributed by atoms with Crippen molar-refractivity contribution >= 4 is 41.3 Å². The van der Waals surface area contributed by atoms with Gasteiger partial charge in [0.25, 0.3) is 0 Å². The number of hydrogen-bond acceptors (Lipinski definition) is 3. The molecular weight excluding hydrogens is 431 g/mol. The minimum Gasteiger partial charge on any atom is -0.357 e. The molecule has 132 valence electrons. The van der Waals surface area contributed by atoms with Crippen molar-refractivity contribution in [1.82, 2.24) is 15.6 Å². The first-order chi connectivity index (χ1) is 11.3.